The zero-order valence-corrected chi connectivity index (χ0v) is 15.4. The van der Waals surface area contributed by atoms with E-state index in [1.54, 1.807) is 36.4 Å². The highest BCUT2D eigenvalue weighted by atomic mass is 16.6. The third-order valence-electron chi connectivity index (χ3n) is 5.02. The van der Waals surface area contributed by atoms with E-state index in [9.17, 15) is 14.9 Å². The largest absolute Gasteiger partial charge is 0.361 e. The minimum Gasteiger partial charge on any atom is -0.361 e. The zero-order chi connectivity index (χ0) is 19.7. The van der Waals surface area contributed by atoms with Crippen LogP contribution in [-0.2, 0) is 0 Å². The van der Waals surface area contributed by atoms with Crippen molar-refractivity contribution in [3.63, 3.8) is 0 Å². The Labute approximate surface area is 161 Å². The van der Waals surface area contributed by atoms with Crippen molar-refractivity contribution in [3.8, 4) is 0 Å². The Kier molecular flexibility index (Phi) is 4.65. The first-order valence-corrected chi connectivity index (χ1v) is 9.12. The number of ketones is 1. The predicted molar refractivity (Wildman–Crippen MR) is 104 cm³/mol. The van der Waals surface area contributed by atoms with E-state index in [0.29, 0.717) is 29.1 Å². The van der Waals surface area contributed by atoms with E-state index < -0.39 is 4.92 Å². The maximum absolute atomic E-state index is 12.7. The van der Waals surface area contributed by atoms with Gasteiger partial charge in [0.25, 0.3) is 5.69 Å². The van der Waals surface area contributed by atoms with E-state index in [1.807, 2.05) is 24.0 Å². The molecular formula is C21H19N3O4. The van der Waals surface area contributed by atoms with Crippen LogP contribution in [0.2, 0.25) is 0 Å². The number of nitro groups is 1. The highest BCUT2D eigenvalue weighted by Crippen LogP contribution is 2.40. The molecule has 7 heteroatoms. The van der Waals surface area contributed by atoms with Crippen LogP contribution in [0.15, 0.2) is 59.1 Å². The fraction of sp³-hybridized carbons (Fsp3) is 0.238. The summed E-state index contributed by atoms with van der Waals surface area (Å²) in [6.45, 7) is 2.51. The molecule has 0 spiro atoms. The van der Waals surface area contributed by atoms with Crippen molar-refractivity contribution in [2.24, 2.45) is 0 Å². The first-order chi connectivity index (χ1) is 13.5. The molecule has 2 heterocycles. The molecule has 1 saturated heterocycles. The molecule has 1 aromatic heterocycles. The number of carbonyl (C=O) groups is 1. The number of anilines is 1. The summed E-state index contributed by atoms with van der Waals surface area (Å²) in [5.74, 6) is 0.473. The standard InChI is InChI=1S/C21H19N3O4/c1-14-12-17(22-28-14)18-8-5-11-23(18)19-10-9-16(13-20(19)24(26)27)21(25)15-6-3-2-4-7-15/h2-4,6-7,9-10,12-13,18H,5,8,11H2,1H3/t18-/m0/s1. The number of hydrogen-bond donors (Lipinski definition) is 0. The minimum absolute atomic E-state index is 0.0751. The predicted octanol–water partition coefficient (Wildman–Crippen LogP) is 4.46. The Morgan fingerprint density at radius 2 is 1.96 bits per heavy atom. The van der Waals surface area contributed by atoms with Gasteiger partial charge in [0.15, 0.2) is 5.78 Å². The molecule has 0 bridgehead atoms. The van der Waals surface area contributed by atoms with Crippen molar-refractivity contribution in [2.75, 3.05) is 11.4 Å². The van der Waals surface area contributed by atoms with Gasteiger partial charge in [0.05, 0.1) is 11.0 Å². The van der Waals surface area contributed by atoms with E-state index >= 15 is 0 Å². The number of nitrogens with zero attached hydrogens (tertiary/aromatic N) is 3. The van der Waals surface area contributed by atoms with Crippen LogP contribution in [0, 0.1) is 17.0 Å². The van der Waals surface area contributed by atoms with Gasteiger partial charge in [0.2, 0.25) is 0 Å². The molecule has 0 radical (unpaired) electrons. The van der Waals surface area contributed by atoms with Gasteiger partial charge in [-0.15, -0.1) is 0 Å². The molecule has 3 aromatic rings. The average Bonchev–Trinajstić information content (AvgIpc) is 3.36. The van der Waals surface area contributed by atoms with E-state index in [0.717, 1.165) is 18.5 Å². The minimum atomic E-state index is -0.430. The summed E-state index contributed by atoms with van der Waals surface area (Å²) in [5.41, 5.74) is 2.00. The average molecular weight is 377 g/mol. The number of hydrogen-bond acceptors (Lipinski definition) is 6. The van der Waals surface area contributed by atoms with E-state index in [2.05, 4.69) is 5.16 Å². The summed E-state index contributed by atoms with van der Waals surface area (Å²) in [6.07, 6.45) is 1.74. The van der Waals surface area contributed by atoms with Crippen molar-refractivity contribution in [1.29, 1.82) is 0 Å². The third-order valence-corrected chi connectivity index (χ3v) is 5.02. The molecule has 0 N–H and O–H groups in total. The second kappa shape index (κ2) is 7.26. The van der Waals surface area contributed by atoms with Crippen LogP contribution >= 0.6 is 0 Å². The smallest absolute Gasteiger partial charge is 0.293 e. The Balaban J connectivity index is 1.71. The number of aryl methyl sites for hydroxylation is 1. The first kappa shape index (κ1) is 17.9. The van der Waals surface area contributed by atoms with Gasteiger partial charge in [0.1, 0.15) is 17.1 Å². The van der Waals surface area contributed by atoms with Crippen LogP contribution in [0.4, 0.5) is 11.4 Å². The summed E-state index contributed by atoms with van der Waals surface area (Å²) in [6, 6.07) is 15.2. The molecule has 1 atom stereocenters. The fourth-order valence-corrected chi connectivity index (χ4v) is 3.72. The molecule has 0 unspecified atom stereocenters. The number of rotatable bonds is 5. The monoisotopic (exact) mass is 377 g/mol. The molecule has 0 aliphatic carbocycles. The first-order valence-electron chi connectivity index (χ1n) is 9.12. The lowest BCUT2D eigenvalue weighted by Gasteiger charge is -2.25. The van der Waals surface area contributed by atoms with Gasteiger partial charge in [-0.1, -0.05) is 35.5 Å². The molecule has 1 aliphatic heterocycles. The quantitative estimate of drug-likeness (QED) is 0.370. The van der Waals surface area contributed by atoms with Crippen molar-refractivity contribution in [2.45, 2.75) is 25.8 Å². The summed E-state index contributed by atoms with van der Waals surface area (Å²) < 4.78 is 5.18. The second-order valence-electron chi connectivity index (χ2n) is 6.87. The highest BCUT2D eigenvalue weighted by molar-refractivity contribution is 6.09. The molecule has 4 rings (SSSR count). The molecule has 2 aromatic carbocycles. The van der Waals surface area contributed by atoms with E-state index in [4.69, 9.17) is 4.52 Å². The van der Waals surface area contributed by atoms with Crippen LogP contribution in [0.5, 0.6) is 0 Å². The van der Waals surface area contributed by atoms with Gasteiger partial charge in [-0.05, 0) is 31.9 Å². The van der Waals surface area contributed by atoms with Gasteiger partial charge in [-0.25, -0.2) is 0 Å². The molecule has 0 saturated carbocycles. The van der Waals surface area contributed by atoms with Gasteiger partial charge in [-0.3, -0.25) is 14.9 Å². The lowest BCUT2D eigenvalue weighted by atomic mass is 10.0. The van der Waals surface area contributed by atoms with Crippen LogP contribution in [0.3, 0.4) is 0 Å². The lowest BCUT2D eigenvalue weighted by molar-refractivity contribution is -0.384. The lowest BCUT2D eigenvalue weighted by Crippen LogP contribution is -2.23. The van der Waals surface area contributed by atoms with Crippen LogP contribution in [-0.4, -0.2) is 22.4 Å². The van der Waals surface area contributed by atoms with Crippen LogP contribution < -0.4 is 4.90 Å². The van der Waals surface area contributed by atoms with Gasteiger partial charge in [-0.2, -0.15) is 0 Å². The van der Waals surface area contributed by atoms with Crippen LogP contribution in [0.1, 0.15) is 46.3 Å². The third kappa shape index (κ3) is 3.26. The molecule has 28 heavy (non-hydrogen) atoms. The van der Waals surface area contributed by atoms with Crippen LogP contribution in [0.25, 0.3) is 0 Å². The van der Waals surface area contributed by atoms with Crippen molar-refractivity contribution in [3.05, 3.63) is 87.3 Å². The van der Waals surface area contributed by atoms with Gasteiger partial charge < -0.3 is 9.42 Å². The summed E-state index contributed by atoms with van der Waals surface area (Å²) in [4.78, 5) is 26.0. The number of benzene rings is 2. The molecule has 1 fully saturated rings. The summed E-state index contributed by atoms with van der Waals surface area (Å²) in [7, 11) is 0. The van der Waals surface area contributed by atoms with E-state index in [-0.39, 0.29) is 17.5 Å². The van der Waals surface area contributed by atoms with Crippen molar-refractivity contribution >= 4 is 17.2 Å². The second-order valence-corrected chi connectivity index (χ2v) is 6.87. The zero-order valence-electron chi connectivity index (χ0n) is 15.4. The van der Waals surface area contributed by atoms with Crippen molar-refractivity contribution in [1.82, 2.24) is 5.16 Å². The maximum Gasteiger partial charge on any atom is 0.293 e. The molecule has 1 aliphatic rings. The molecule has 7 nitrogen and oxygen atoms in total. The fourth-order valence-electron chi connectivity index (χ4n) is 3.72. The topological polar surface area (TPSA) is 89.5 Å². The highest BCUT2D eigenvalue weighted by Gasteiger charge is 2.33. The maximum atomic E-state index is 12.7. The van der Waals surface area contributed by atoms with Crippen molar-refractivity contribution < 1.29 is 14.2 Å². The molecular weight excluding hydrogens is 358 g/mol. The molecule has 0 amide bonds. The normalized spacial score (nSPS) is 16.3. The Morgan fingerprint density at radius 1 is 1.18 bits per heavy atom. The Bertz CT molecular complexity index is 1030. The van der Waals surface area contributed by atoms with Gasteiger partial charge in [0, 0.05) is 29.8 Å². The SMILES string of the molecule is Cc1cc([C@@H]2CCCN2c2ccc(C(=O)c3ccccc3)cc2[N+](=O)[O-])no1. The summed E-state index contributed by atoms with van der Waals surface area (Å²) >= 11 is 0. The number of nitro benzene ring substituents is 1. The molecule has 142 valence electrons. The van der Waals surface area contributed by atoms with Gasteiger partial charge >= 0.3 is 0 Å². The Hall–Kier alpha value is -3.48. The Morgan fingerprint density at radius 3 is 2.64 bits per heavy atom. The number of carbonyl (C=O) groups excluding carboxylic acids is 1. The van der Waals surface area contributed by atoms with E-state index in [1.165, 1.54) is 6.07 Å². The number of aromatic nitrogens is 1. The summed E-state index contributed by atoms with van der Waals surface area (Å²) in [5, 5.41) is 15.9.